The predicted octanol–water partition coefficient (Wildman–Crippen LogP) is 4.12. The number of nitrogens with zero attached hydrogens (tertiary/aromatic N) is 5. The first-order valence-corrected chi connectivity index (χ1v) is 11.5. The van der Waals surface area contributed by atoms with Gasteiger partial charge in [-0.05, 0) is 24.3 Å². The van der Waals surface area contributed by atoms with Gasteiger partial charge in [0.2, 0.25) is 5.95 Å². The van der Waals surface area contributed by atoms with E-state index in [4.69, 9.17) is 4.74 Å². The molecule has 0 amide bonds. The van der Waals surface area contributed by atoms with Gasteiger partial charge in [0.25, 0.3) is 5.56 Å². The van der Waals surface area contributed by atoms with E-state index in [1.165, 1.54) is 12.4 Å². The van der Waals surface area contributed by atoms with Crippen molar-refractivity contribution in [1.82, 2.24) is 24.7 Å². The molecule has 0 radical (unpaired) electrons. The molecule has 4 heterocycles. The van der Waals surface area contributed by atoms with Gasteiger partial charge in [-0.15, -0.1) is 0 Å². The van der Waals surface area contributed by atoms with Crippen molar-refractivity contribution < 1.29 is 22.3 Å². The Labute approximate surface area is 211 Å². The molecule has 3 aromatic heterocycles. The van der Waals surface area contributed by atoms with Gasteiger partial charge >= 0.3 is 6.18 Å². The van der Waals surface area contributed by atoms with Crippen LogP contribution in [0.25, 0.3) is 27.6 Å². The molecule has 0 fully saturated rings. The van der Waals surface area contributed by atoms with Crippen LogP contribution >= 0.6 is 0 Å². The molecule has 194 valence electrons. The number of benzene rings is 2. The summed E-state index contributed by atoms with van der Waals surface area (Å²) in [5.74, 6) is -0.781. The zero-order chi connectivity index (χ0) is 26.6. The maximum Gasteiger partial charge on any atom is 0.419 e. The van der Waals surface area contributed by atoms with Crippen LogP contribution in [0.15, 0.2) is 59.7 Å². The Balaban J connectivity index is 1.42. The number of aromatic nitrogens is 5. The van der Waals surface area contributed by atoms with E-state index < -0.39 is 28.8 Å². The fourth-order valence-corrected chi connectivity index (χ4v) is 4.61. The minimum absolute atomic E-state index is 0.0518. The molecule has 1 unspecified atom stereocenters. The van der Waals surface area contributed by atoms with E-state index in [0.29, 0.717) is 12.6 Å². The highest BCUT2D eigenvalue weighted by molar-refractivity contribution is 6.02. The zero-order valence-electron chi connectivity index (χ0n) is 19.8. The molecule has 1 atom stereocenters. The molecule has 0 spiro atoms. The minimum Gasteiger partial charge on any atom is -0.485 e. The number of halogens is 4. The van der Waals surface area contributed by atoms with E-state index >= 15 is 4.39 Å². The molecule has 1 aliphatic heterocycles. The van der Waals surface area contributed by atoms with Gasteiger partial charge in [0.15, 0.2) is 11.5 Å². The molecule has 2 aromatic carbocycles. The lowest BCUT2D eigenvalue weighted by molar-refractivity contribution is -0.140. The lowest BCUT2D eigenvalue weighted by atomic mass is 10.1. The second kappa shape index (κ2) is 8.71. The second-order valence-corrected chi connectivity index (χ2v) is 8.82. The number of alkyl halides is 3. The van der Waals surface area contributed by atoms with Crippen LogP contribution in [0.4, 0.5) is 29.2 Å². The summed E-state index contributed by atoms with van der Waals surface area (Å²) in [7, 11) is 1.94. The number of nitrogens with one attached hydrogen (secondary N) is 2. The van der Waals surface area contributed by atoms with Crippen molar-refractivity contribution in [2.45, 2.75) is 12.3 Å². The number of hydrogen-bond donors (Lipinski definition) is 2. The summed E-state index contributed by atoms with van der Waals surface area (Å²) in [6.45, 7) is 0.864. The maximum absolute atomic E-state index is 15.2. The molecule has 0 aliphatic carbocycles. The van der Waals surface area contributed by atoms with Crippen molar-refractivity contribution >= 4 is 33.6 Å². The number of ether oxygens (including phenoxy) is 1. The van der Waals surface area contributed by atoms with Gasteiger partial charge in [0.1, 0.15) is 17.4 Å². The van der Waals surface area contributed by atoms with E-state index in [-0.39, 0.29) is 40.5 Å². The summed E-state index contributed by atoms with van der Waals surface area (Å²) in [4.78, 5) is 24.1. The Bertz CT molecular complexity index is 1750. The SMILES string of the molecule is CN1CC(CNc2ncc3c4n[nH]cc4c(=O)n(-c4cccc(C(F)(F)F)c4F)c3n2)Oc2ccccc21. The van der Waals surface area contributed by atoms with Crippen molar-refractivity contribution in [3.63, 3.8) is 0 Å². The van der Waals surface area contributed by atoms with Crippen LogP contribution in [0.3, 0.4) is 0 Å². The molecule has 13 heteroatoms. The lowest BCUT2D eigenvalue weighted by Gasteiger charge is -2.33. The van der Waals surface area contributed by atoms with Crippen molar-refractivity contribution in [2.75, 3.05) is 30.4 Å². The molecular weight excluding hydrogens is 506 g/mol. The van der Waals surface area contributed by atoms with Crippen LogP contribution in [0.2, 0.25) is 0 Å². The van der Waals surface area contributed by atoms with Crippen molar-refractivity contribution in [3.05, 3.63) is 76.6 Å². The summed E-state index contributed by atoms with van der Waals surface area (Å²) in [6.07, 6.45) is -2.54. The highest BCUT2D eigenvalue weighted by Gasteiger charge is 2.35. The molecule has 0 bridgehead atoms. The normalized spacial score (nSPS) is 15.5. The van der Waals surface area contributed by atoms with Crippen molar-refractivity contribution in [3.8, 4) is 11.4 Å². The lowest BCUT2D eigenvalue weighted by Crippen LogP contribution is -2.41. The van der Waals surface area contributed by atoms with Crippen LogP contribution in [0, 0.1) is 5.82 Å². The Morgan fingerprint density at radius 3 is 2.74 bits per heavy atom. The number of pyridine rings is 1. The van der Waals surface area contributed by atoms with E-state index in [1.54, 1.807) is 0 Å². The first kappa shape index (κ1) is 23.7. The quantitative estimate of drug-likeness (QED) is 0.341. The highest BCUT2D eigenvalue weighted by atomic mass is 19.4. The van der Waals surface area contributed by atoms with E-state index in [2.05, 4.69) is 30.4 Å². The fourth-order valence-electron chi connectivity index (χ4n) is 4.61. The third kappa shape index (κ3) is 3.86. The summed E-state index contributed by atoms with van der Waals surface area (Å²) in [6, 6.07) is 10.4. The standard InChI is InChI=1S/C25H19F4N7O2/c1-35-12-13(38-19-8-3-2-6-17(19)35)9-30-24-31-10-14-21-15(11-32-34-21)23(37)36(22(14)33-24)18-7-4-5-16(20(18)26)25(27,28)29/h2-8,10-11,13H,9,12H2,1H3,(H,32,34)(H,30,31,33). The summed E-state index contributed by atoms with van der Waals surface area (Å²) >= 11 is 0. The molecule has 1 aliphatic rings. The van der Waals surface area contributed by atoms with E-state index in [0.717, 1.165) is 28.1 Å². The average molecular weight is 525 g/mol. The minimum atomic E-state index is -4.95. The first-order chi connectivity index (χ1) is 18.2. The maximum atomic E-state index is 15.2. The van der Waals surface area contributed by atoms with Crippen LogP contribution < -0.4 is 20.5 Å². The molecule has 6 rings (SSSR count). The number of hydrogen-bond acceptors (Lipinski definition) is 7. The van der Waals surface area contributed by atoms with Gasteiger partial charge in [-0.25, -0.2) is 9.37 Å². The number of likely N-dealkylation sites (N-methyl/N-ethyl adjacent to an activating group) is 1. The fraction of sp³-hybridized carbons (Fsp3) is 0.200. The average Bonchev–Trinajstić information content (AvgIpc) is 3.38. The number of rotatable bonds is 4. The van der Waals surface area contributed by atoms with E-state index in [1.807, 2.05) is 31.3 Å². The number of para-hydroxylation sites is 2. The van der Waals surface area contributed by atoms with Crippen LogP contribution in [-0.4, -0.2) is 51.0 Å². The van der Waals surface area contributed by atoms with E-state index in [9.17, 15) is 18.0 Å². The van der Waals surface area contributed by atoms with Crippen molar-refractivity contribution in [1.29, 1.82) is 0 Å². The predicted molar refractivity (Wildman–Crippen MR) is 132 cm³/mol. The molecular formula is C25H19F4N7O2. The number of fused-ring (bicyclic) bond motifs is 4. The number of H-pyrrole nitrogens is 1. The molecule has 0 saturated heterocycles. The largest absolute Gasteiger partial charge is 0.485 e. The topological polar surface area (TPSA) is 101 Å². The van der Waals surface area contributed by atoms with Crippen LogP contribution in [-0.2, 0) is 6.18 Å². The Morgan fingerprint density at radius 2 is 1.92 bits per heavy atom. The Morgan fingerprint density at radius 1 is 1.13 bits per heavy atom. The summed E-state index contributed by atoms with van der Waals surface area (Å²) in [5, 5.41) is 9.99. The molecule has 2 N–H and O–H groups in total. The van der Waals surface area contributed by atoms with Crippen molar-refractivity contribution in [2.24, 2.45) is 0 Å². The third-order valence-electron chi connectivity index (χ3n) is 6.37. The second-order valence-electron chi connectivity index (χ2n) is 8.82. The summed E-state index contributed by atoms with van der Waals surface area (Å²) in [5.41, 5.74) is -1.78. The van der Waals surface area contributed by atoms with Crippen LogP contribution in [0.1, 0.15) is 5.56 Å². The number of anilines is 2. The van der Waals surface area contributed by atoms with Gasteiger partial charge in [-0.2, -0.15) is 23.3 Å². The highest BCUT2D eigenvalue weighted by Crippen LogP contribution is 2.34. The smallest absolute Gasteiger partial charge is 0.419 e. The monoisotopic (exact) mass is 525 g/mol. The van der Waals surface area contributed by atoms with Gasteiger partial charge in [-0.1, -0.05) is 18.2 Å². The molecule has 38 heavy (non-hydrogen) atoms. The first-order valence-electron chi connectivity index (χ1n) is 11.5. The number of aromatic amines is 1. The summed E-state index contributed by atoms with van der Waals surface area (Å²) < 4.78 is 62.3. The molecule has 9 nitrogen and oxygen atoms in total. The van der Waals surface area contributed by atoms with Crippen LogP contribution in [0.5, 0.6) is 5.75 Å². The van der Waals surface area contributed by atoms with Gasteiger partial charge < -0.3 is 15.0 Å². The van der Waals surface area contributed by atoms with Gasteiger partial charge in [0, 0.05) is 19.4 Å². The Hall–Kier alpha value is -4.68. The molecule has 5 aromatic rings. The van der Waals surface area contributed by atoms with Gasteiger partial charge in [-0.3, -0.25) is 14.5 Å². The Kier molecular flexibility index (Phi) is 5.44. The van der Waals surface area contributed by atoms with Gasteiger partial charge in [0.05, 0.1) is 40.8 Å². The molecule has 0 saturated carbocycles. The third-order valence-corrected chi connectivity index (χ3v) is 6.37. The zero-order valence-corrected chi connectivity index (χ0v) is 19.8.